The SMILES string of the molecule is CNC(=O)c1cc(Cl)c(O)c(S(=O)(=O)Cc2cc(-c3ccccc3)ccc2OC)c1. The van der Waals surface area contributed by atoms with Crippen LogP contribution in [0.25, 0.3) is 11.1 Å². The predicted octanol–water partition coefficient (Wildman–Crippen LogP) is 4.05. The molecule has 0 unspecified atom stereocenters. The van der Waals surface area contributed by atoms with Gasteiger partial charge in [0.25, 0.3) is 5.91 Å². The molecule has 0 radical (unpaired) electrons. The molecule has 0 aliphatic rings. The Labute approximate surface area is 180 Å². The van der Waals surface area contributed by atoms with E-state index >= 15 is 0 Å². The number of rotatable bonds is 6. The lowest BCUT2D eigenvalue weighted by Crippen LogP contribution is -2.18. The number of aromatic hydroxyl groups is 1. The Morgan fingerprint density at radius 1 is 1.07 bits per heavy atom. The number of phenols is 1. The van der Waals surface area contributed by atoms with Crippen LogP contribution in [0.3, 0.4) is 0 Å². The van der Waals surface area contributed by atoms with Crippen LogP contribution in [0.1, 0.15) is 15.9 Å². The zero-order chi connectivity index (χ0) is 21.9. The lowest BCUT2D eigenvalue weighted by Gasteiger charge is -2.14. The van der Waals surface area contributed by atoms with Gasteiger partial charge in [0, 0.05) is 18.2 Å². The largest absolute Gasteiger partial charge is 0.505 e. The number of carbonyl (C=O) groups is 1. The summed E-state index contributed by atoms with van der Waals surface area (Å²) in [5, 5.41) is 12.5. The van der Waals surface area contributed by atoms with Gasteiger partial charge >= 0.3 is 0 Å². The molecule has 0 aliphatic heterocycles. The van der Waals surface area contributed by atoms with Crippen LogP contribution in [0.5, 0.6) is 11.5 Å². The lowest BCUT2D eigenvalue weighted by molar-refractivity contribution is 0.0963. The Kier molecular flexibility index (Phi) is 6.34. The number of nitrogens with one attached hydrogen (secondary N) is 1. The molecule has 0 spiro atoms. The third-order valence-electron chi connectivity index (χ3n) is 4.59. The van der Waals surface area contributed by atoms with Crippen molar-refractivity contribution in [3.05, 3.63) is 76.8 Å². The summed E-state index contributed by atoms with van der Waals surface area (Å²) in [4.78, 5) is 11.5. The van der Waals surface area contributed by atoms with Crippen LogP contribution in [0.2, 0.25) is 5.02 Å². The van der Waals surface area contributed by atoms with Crippen LogP contribution in [-0.4, -0.2) is 33.6 Å². The first-order chi connectivity index (χ1) is 14.3. The molecule has 156 valence electrons. The number of methoxy groups -OCH3 is 1. The minimum Gasteiger partial charge on any atom is -0.505 e. The minimum absolute atomic E-state index is 0.0314. The molecule has 0 aromatic heterocycles. The first kappa shape index (κ1) is 21.7. The number of halogens is 1. The van der Waals surface area contributed by atoms with E-state index in [9.17, 15) is 18.3 Å². The van der Waals surface area contributed by atoms with Crippen molar-refractivity contribution in [3.63, 3.8) is 0 Å². The number of hydrogen-bond acceptors (Lipinski definition) is 5. The number of amides is 1. The Hall–Kier alpha value is -3.03. The fourth-order valence-corrected chi connectivity index (χ4v) is 4.85. The van der Waals surface area contributed by atoms with Crippen LogP contribution in [0, 0.1) is 0 Å². The zero-order valence-electron chi connectivity index (χ0n) is 16.3. The maximum absolute atomic E-state index is 13.1. The highest BCUT2D eigenvalue weighted by molar-refractivity contribution is 7.90. The molecule has 3 aromatic rings. The molecule has 1 amide bonds. The summed E-state index contributed by atoms with van der Waals surface area (Å²) >= 11 is 5.97. The van der Waals surface area contributed by atoms with Gasteiger partial charge in [0.15, 0.2) is 15.6 Å². The number of hydrogen-bond donors (Lipinski definition) is 2. The van der Waals surface area contributed by atoms with Gasteiger partial charge in [-0.3, -0.25) is 4.79 Å². The van der Waals surface area contributed by atoms with Crippen LogP contribution < -0.4 is 10.1 Å². The van der Waals surface area contributed by atoms with E-state index in [2.05, 4.69) is 5.32 Å². The van der Waals surface area contributed by atoms with E-state index in [1.165, 1.54) is 20.2 Å². The standard InChI is InChI=1S/C22H20ClNO5S/c1-24-22(26)16-11-18(23)21(25)20(12-16)30(27,28)13-17-10-15(8-9-19(17)29-2)14-6-4-3-5-7-14/h3-12,25H,13H2,1-2H3,(H,24,26). The summed E-state index contributed by atoms with van der Waals surface area (Å²) in [6.45, 7) is 0. The van der Waals surface area contributed by atoms with Crippen molar-refractivity contribution < 1.29 is 23.1 Å². The summed E-state index contributed by atoms with van der Waals surface area (Å²) in [5.41, 5.74) is 2.19. The number of benzene rings is 3. The van der Waals surface area contributed by atoms with Crippen LogP contribution in [0.15, 0.2) is 65.6 Å². The van der Waals surface area contributed by atoms with Crippen molar-refractivity contribution in [2.75, 3.05) is 14.2 Å². The van der Waals surface area contributed by atoms with Crippen LogP contribution in [0.4, 0.5) is 0 Å². The molecule has 0 saturated carbocycles. The van der Waals surface area contributed by atoms with Crippen molar-refractivity contribution in [1.82, 2.24) is 5.32 Å². The van der Waals surface area contributed by atoms with Gasteiger partial charge in [0.05, 0.1) is 17.9 Å². The van der Waals surface area contributed by atoms with E-state index < -0.39 is 32.1 Å². The van der Waals surface area contributed by atoms with Gasteiger partial charge in [-0.1, -0.05) is 48.0 Å². The molecule has 0 heterocycles. The first-order valence-corrected chi connectivity index (χ1v) is 11.0. The highest BCUT2D eigenvalue weighted by Gasteiger charge is 2.25. The van der Waals surface area contributed by atoms with Crippen LogP contribution >= 0.6 is 11.6 Å². The molecule has 6 nitrogen and oxygen atoms in total. The number of phenolic OH excluding ortho intramolecular Hbond substituents is 1. The Morgan fingerprint density at radius 3 is 2.40 bits per heavy atom. The molecule has 8 heteroatoms. The normalized spacial score (nSPS) is 11.2. The van der Waals surface area contributed by atoms with E-state index in [-0.39, 0.29) is 10.6 Å². The van der Waals surface area contributed by atoms with Gasteiger partial charge < -0.3 is 15.2 Å². The molecule has 0 aliphatic carbocycles. The zero-order valence-corrected chi connectivity index (χ0v) is 17.9. The fourth-order valence-electron chi connectivity index (χ4n) is 3.07. The molecule has 2 N–H and O–H groups in total. The molecule has 0 atom stereocenters. The molecular weight excluding hydrogens is 426 g/mol. The summed E-state index contributed by atoms with van der Waals surface area (Å²) in [5.74, 6) is -1.16. The van der Waals surface area contributed by atoms with Gasteiger partial charge in [-0.25, -0.2) is 8.42 Å². The first-order valence-electron chi connectivity index (χ1n) is 8.96. The fraction of sp³-hybridized carbons (Fsp3) is 0.136. The van der Waals surface area contributed by atoms with Crippen molar-refractivity contribution in [3.8, 4) is 22.6 Å². The van der Waals surface area contributed by atoms with E-state index in [4.69, 9.17) is 16.3 Å². The third-order valence-corrected chi connectivity index (χ3v) is 6.55. The summed E-state index contributed by atoms with van der Waals surface area (Å²) in [6.07, 6.45) is 0. The highest BCUT2D eigenvalue weighted by Crippen LogP contribution is 2.36. The molecule has 3 rings (SSSR count). The van der Waals surface area contributed by atoms with Crippen molar-refractivity contribution >= 4 is 27.3 Å². The second-order valence-corrected chi connectivity index (χ2v) is 8.90. The Morgan fingerprint density at radius 2 is 1.77 bits per heavy atom. The average Bonchev–Trinajstić information content (AvgIpc) is 2.75. The second kappa shape index (κ2) is 8.77. The maximum Gasteiger partial charge on any atom is 0.251 e. The van der Waals surface area contributed by atoms with E-state index in [0.717, 1.165) is 17.2 Å². The predicted molar refractivity (Wildman–Crippen MR) is 116 cm³/mol. The van der Waals surface area contributed by atoms with Crippen molar-refractivity contribution in [2.45, 2.75) is 10.6 Å². The average molecular weight is 446 g/mol. The lowest BCUT2D eigenvalue weighted by atomic mass is 10.0. The van der Waals surface area contributed by atoms with Gasteiger partial charge in [0.1, 0.15) is 10.6 Å². The Balaban J connectivity index is 2.07. The van der Waals surface area contributed by atoms with Gasteiger partial charge in [-0.15, -0.1) is 0 Å². The number of sulfone groups is 1. The Bertz CT molecular complexity index is 1190. The molecule has 0 fully saturated rings. The van der Waals surface area contributed by atoms with Crippen LogP contribution in [-0.2, 0) is 15.6 Å². The number of ether oxygens (including phenoxy) is 1. The quantitative estimate of drug-likeness (QED) is 0.597. The summed E-state index contributed by atoms with van der Waals surface area (Å²) in [7, 11) is -1.19. The molecule has 0 bridgehead atoms. The van der Waals surface area contributed by atoms with E-state index in [1.807, 2.05) is 36.4 Å². The van der Waals surface area contributed by atoms with Gasteiger partial charge in [-0.2, -0.15) is 0 Å². The highest BCUT2D eigenvalue weighted by atomic mass is 35.5. The van der Waals surface area contributed by atoms with Gasteiger partial charge in [-0.05, 0) is 35.4 Å². The molecule has 0 saturated heterocycles. The second-order valence-electron chi connectivity index (χ2n) is 6.54. The maximum atomic E-state index is 13.1. The monoisotopic (exact) mass is 445 g/mol. The topological polar surface area (TPSA) is 92.7 Å². The third kappa shape index (κ3) is 4.42. The van der Waals surface area contributed by atoms with E-state index in [0.29, 0.717) is 11.3 Å². The van der Waals surface area contributed by atoms with Crippen molar-refractivity contribution in [2.24, 2.45) is 0 Å². The summed E-state index contributed by atoms with van der Waals surface area (Å²) in [6, 6.07) is 17.1. The summed E-state index contributed by atoms with van der Waals surface area (Å²) < 4.78 is 31.6. The molecular formula is C22H20ClNO5S. The smallest absolute Gasteiger partial charge is 0.251 e. The minimum atomic E-state index is -4.06. The number of carbonyl (C=O) groups excluding carboxylic acids is 1. The van der Waals surface area contributed by atoms with E-state index in [1.54, 1.807) is 12.1 Å². The molecule has 30 heavy (non-hydrogen) atoms. The van der Waals surface area contributed by atoms with Gasteiger partial charge in [0.2, 0.25) is 0 Å². The van der Waals surface area contributed by atoms with Crippen molar-refractivity contribution in [1.29, 1.82) is 0 Å². The molecule has 3 aromatic carbocycles.